The molecule has 8 heteroatoms. The predicted molar refractivity (Wildman–Crippen MR) is 109 cm³/mol. The molecule has 0 atom stereocenters. The molecule has 1 saturated heterocycles. The van der Waals surface area contributed by atoms with E-state index in [-0.39, 0.29) is 17.6 Å². The summed E-state index contributed by atoms with van der Waals surface area (Å²) in [5.74, 6) is 0.810. The Morgan fingerprint density at radius 1 is 1.20 bits per heavy atom. The fraction of sp³-hybridized carbons (Fsp3) is 0.318. The smallest absolute Gasteiger partial charge is 0.318 e. The lowest BCUT2D eigenvalue weighted by atomic mass is 9.96. The number of carbonyl (C=O) groups is 1. The maximum Gasteiger partial charge on any atom is 0.318 e. The summed E-state index contributed by atoms with van der Waals surface area (Å²) < 4.78 is 24.2. The number of hydrogen-bond donors (Lipinski definition) is 1. The van der Waals surface area contributed by atoms with E-state index in [1.165, 1.54) is 12.1 Å². The average molecular weight is 410 g/mol. The number of hydrogen-bond acceptors (Lipinski definition) is 6. The highest BCUT2D eigenvalue weighted by Gasteiger charge is 2.27. The van der Waals surface area contributed by atoms with Crippen LogP contribution in [0, 0.1) is 11.7 Å². The number of piperidine rings is 1. The van der Waals surface area contributed by atoms with Gasteiger partial charge in [0.25, 0.3) is 0 Å². The van der Waals surface area contributed by atoms with Crippen molar-refractivity contribution in [3.05, 3.63) is 59.9 Å². The molecule has 2 aromatic carbocycles. The van der Waals surface area contributed by atoms with E-state index in [2.05, 4.69) is 15.5 Å². The van der Waals surface area contributed by atoms with Crippen LogP contribution in [0.3, 0.4) is 0 Å². The second-order valence-electron chi connectivity index (χ2n) is 7.23. The summed E-state index contributed by atoms with van der Waals surface area (Å²) in [6.45, 7) is 1.64. The Morgan fingerprint density at radius 3 is 2.67 bits per heavy atom. The van der Waals surface area contributed by atoms with E-state index in [0.29, 0.717) is 44.4 Å². The van der Waals surface area contributed by atoms with Gasteiger partial charge in [0.1, 0.15) is 11.6 Å². The van der Waals surface area contributed by atoms with Crippen molar-refractivity contribution >= 4 is 11.9 Å². The minimum atomic E-state index is -0.302. The first-order valence-electron chi connectivity index (χ1n) is 9.87. The molecule has 1 aliphatic heterocycles. The number of amides is 1. The molecule has 1 fully saturated rings. The Labute approximate surface area is 173 Å². The van der Waals surface area contributed by atoms with Crippen LogP contribution in [-0.4, -0.2) is 36.3 Å². The Morgan fingerprint density at radius 2 is 1.97 bits per heavy atom. The lowest BCUT2D eigenvalue weighted by Gasteiger charge is -2.29. The van der Waals surface area contributed by atoms with Crippen molar-refractivity contribution in [1.82, 2.24) is 15.5 Å². The fourth-order valence-corrected chi connectivity index (χ4v) is 3.51. The second-order valence-corrected chi connectivity index (χ2v) is 7.23. The van der Waals surface area contributed by atoms with E-state index < -0.39 is 0 Å². The topological polar surface area (TPSA) is 80.5 Å². The molecule has 0 unspecified atom stereocenters. The zero-order valence-corrected chi connectivity index (χ0v) is 16.7. The van der Waals surface area contributed by atoms with Gasteiger partial charge in [-0.15, -0.1) is 5.10 Å². The number of halogens is 1. The van der Waals surface area contributed by atoms with Gasteiger partial charge in [-0.2, -0.15) is 0 Å². The van der Waals surface area contributed by atoms with Crippen LogP contribution in [0.2, 0.25) is 0 Å². The van der Waals surface area contributed by atoms with Crippen LogP contribution >= 0.6 is 0 Å². The van der Waals surface area contributed by atoms with E-state index in [9.17, 15) is 9.18 Å². The van der Waals surface area contributed by atoms with Crippen LogP contribution in [0.4, 0.5) is 10.4 Å². The zero-order chi connectivity index (χ0) is 20.9. The van der Waals surface area contributed by atoms with E-state index in [4.69, 9.17) is 9.15 Å². The summed E-state index contributed by atoms with van der Waals surface area (Å²) in [5.41, 5.74) is 1.57. The number of ether oxygens (including phenoxy) is 1. The Kier molecular flexibility index (Phi) is 5.92. The molecule has 1 aliphatic rings. The molecule has 1 aromatic heterocycles. The third-order valence-corrected chi connectivity index (χ3v) is 5.24. The summed E-state index contributed by atoms with van der Waals surface area (Å²) in [6.07, 6.45) is 1.38. The molecular weight excluding hydrogens is 387 g/mol. The molecule has 0 spiro atoms. The molecule has 0 radical (unpaired) electrons. The first kappa shape index (κ1) is 19.9. The van der Waals surface area contributed by atoms with Crippen molar-refractivity contribution < 1.29 is 18.3 Å². The van der Waals surface area contributed by atoms with Gasteiger partial charge in [0, 0.05) is 31.1 Å². The normalized spacial score (nSPS) is 14.5. The third kappa shape index (κ3) is 4.59. The van der Waals surface area contributed by atoms with Gasteiger partial charge >= 0.3 is 6.01 Å². The SMILES string of the molecule is COc1ccc(-c2nnc(N3CCC(C(=O)NCc4cccc(F)c4)CC3)o2)cc1. The van der Waals surface area contributed by atoms with Crippen LogP contribution in [0.25, 0.3) is 11.5 Å². The van der Waals surface area contributed by atoms with Gasteiger partial charge in [0.15, 0.2) is 0 Å². The Bertz CT molecular complexity index is 998. The lowest BCUT2D eigenvalue weighted by Crippen LogP contribution is -2.40. The summed E-state index contributed by atoms with van der Waals surface area (Å²) in [4.78, 5) is 14.5. The Balaban J connectivity index is 1.30. The van der Waals surface area contributed by atoms with E-state index in [1.54, 1.807) is 19.2 Å². The predicted octanol–water partition coefficient (Wildman–Crippen LogP) is 3.42. The number of carbonyl (C=O) groups excluding carboxylic acids is 1. The van der Waals surface area contributed by atoms with Gasteiger partial charge in [-0.05, 0) is 54.8 Å². The zero-order valence-electron chi connectivity index (χ0n) is 16.7. The maximum absolute atomic E-state index is 13.3. The van der Waals surface area contributed by atoms with Crippen LogP contribution < -0.4 is 15.0 Å². The molecule has 1 N–H and O–H groups in total. The number of methoxy groups -OCH3 is 1. The van der Waals surface area contributed by atoms with Gasteiger partial charge < -0.3 is 19.4 Å². The number of nitrogens with one attached hydrogen (secondary N) is 1. The molecule has 4 rings (SSSR count). The molecule has 1 amide bonds. The second kappa shape index (κ2) is 8.94. The molecule has 0 saturated carbocycles. The highest BCUT2D eigenvalue weighted by atomic mass is 19.1. The Hall–Kier alpha value is -3.42. The molecule has 0 bridgehead atoms. The molecule has 0 aliphatic carbocycles. The van der Waals surface area contributed by atoms with Gasteiger partial charge in [0.05, 0.1) is 7.11 Å². The monoisotopic (exact) mass is 410 g/mol. The summed E-state index contributed by atoms with van der Waals surface area (Å²) in [7, 11) is 1.62. The van der Waals surface area contributed by atoms with Crippen molar-refractivity contribution in [2.75, 3.05) is 25.1 Å². The summed E-state index contributed by atoms with van der Waals surface area (Å²) in [5, 5.41) is 11.2. The minimum Gasteiger partial charge on any atom is -0.497 e. The van der Waals surface area contributed by atoms with Crippen LogP contribution in [0.1, 0.15) is 18.4 Å². The maximum atomic E-state index is 13.3. The number of aromatic nitrogens is 2. The van der Waals surface area contributed by atoms with E-state index in [1.807, 2.05) is 29.2 Å². The van der Waals surface area contributed by atoms with Crippen LogP contribution in [0.15, 0.2) is 52.9 Å². The third-order valence-electron chi connectivity index (χ3n) is 5.24. The minimum absolute atomic E-state index is 0.0108. The highest BCUT2D eigenvalue weighted by Crippen LogP contribution is 2.27. The van der Waals surface area contributed by atoms with Gasteiger partial charge in [-0.25, -0.2) is 4.39 Å². The molecule has 7 nitrogen and oxygen atoms in total. The first-order chi connectivity index (χ1) is 14.6. The van der Waals surface area contributed by atoms with Crippen molar-refractivity contribution in [1.29, 1.82) is 0 Å². The number of rotatable bonds is 6. The van der Waals surface area contributed by atoms with Gasteiger partial charge in [-0.3, -0.25) is 4.79 Å². The van der Waals surface area contributed by atoms with Gasteiger partial charge in [0.2, 0.25) is 11.8 Å². The number of benzene rings is 2. The largest absolute Gasteiger partial charge is 0.497 e. The van der Waals surface area contributed by atoms with Gasteiger partial charge in [-0.1, -0.05) is 17.2 Å². The molecule has 30 heavy (non-hydrogen) atoms. The van der Waals surface area contributed by atoms with Crippen molar-refractivity contribution in [3.63, 3.8) is 0 Å². The van der Waals surface area contributed by atoms with Crippen LogP contribution in [-0.2, 0) is 11.3 Å². The quantitative estimate of drug-likeness (QED) is 0.671. The average Bonchev–Trinajstić information content (AvgIpc) is 3.28. The molecule has 2 heterocycles. The first-order valence-corrected chi connectivity index (χ1v) is 9.87. The van der Waals surface area contributed by atoms with Crippen molar-refractivity contribution in [3.8, 4) is 17.2 Å². The summed E-state index contributed by atoms with van der Waals surface area (Å²) >= 11 is 0. The molecule has 156 valence electrons. The lowest BCUT2D eigenvalue weighted by molar-refractivity contribution is -0.125. The standard InChI is InChI=1S/C22H23FN4O3/c1-29-19-7-5-17(6-8-19)21-25-26-22(30-21)27-11-9-16(10-12-27)20(28)24-14-15-3-2-4-18(23)13-15/h2-8,13,16H,9-12,14H2,1H3,(H,24,28). The van der Waals surface area contributed by atoms with Crippen molar-refractivity contribution in [2.45, 2.75) is 19.4 Å². The molecule has 3 aromatic rings. The number of nitrogens with zero attached hydrogens (tertiary/aromatic N) is 3. The van der Waals surface area contributed by atoms with E-state index in [0.717, 1.165) is 16.9 Å². The van der Waals surface area contributed by atoms with Crippen LogP contribution in [0.5, 0.6) is 5.75 Å². The highest BCUT2D eigenvalue weighted by molar-refractivity contribution is 5.78. The summed E-state index contributed by atoms with van der Waals surface area (Å²) in [6, 6.07) is 14.1. The number of anilines is 1. The van der Waals surface area contributed by atoms with Crippen molar-refractivity contribution in [2.24, 2.45) is 5.92 Å². The fourth-order valence-electron chi connectivity index (χ4n) is 3.51. The van der Waals surface area contributed by atoms with E-state index >= 15 is 0 Å². The molecular formula is C22H23FN4O3.